The summed E-state index contributed by atoms with van der Waals surface area (Å²) in [6, 6.07) is 7.54. The van der Waals surface area contributed by atoms with Crippen molar-refractivity contribution >= 4 is 28.6 Å². The highest BCUT2D eigenvalue weighted by molar-refractivity contribution is 14.1. The molecular weight excluding hydrogens is 371 g/mol. The Morgan fingerprint density at radius 3 is 2.55 bits per heavy atom. The molecule has 0 aliphatic carbocycles. The molecule has 1 N–H and O–H groups in total. The molecule has 0 amide bonds. The van der Waals surface area contributed by atoms with Crippen molar-refractivity contribution in [2.24, 2.45) is 5.92 Å². The lowest BCUT2D eigenvalue weighted by atomic mass is 10.0. The number of halogens is 1. The largest absolute Gasteiger partial charge is 0.481 e. The maximum absolute atomic E-state index is 11.0. The second-order valence-corrected chi connectivity index (χ2v) is 6.11. The van der Waals surface area contributed by atoms with Crippen LogP contribution in [0.15, 0.2) is 24.3 Å². The zero-order valence-corrected chi connectivity index (χ0v) is 13.4. The molecule has 0 radical (unpaired) electrons. The van der Waals surface area contributed by atoms with E-state index in [1.54, 1.807) is 4.68 Å². The fourth-order valence-corrected chi connectivity index (χ4v) is 2.35. The summed E-state index contributed by atoms with van der Waals surface area (Å²) in [6.45, 7) is 3.93. The molecule has 2 aromatic rings. The first-order valence-electron chi connectivity index (χ1n) is 6.24. The van der Waals surface area contributed by atoms with Crippen molar-refractivity contribution in [1.29, 1.82) is 0 Å². The number of rotatable bonds is 5. The van der Waals surface area contributed by atoms with Crippen molar-refractivity contribution in [2.75, 3.05) is 0 Å². The molecule has 0 bridgehead atoms. The van der Waals surface area contributed by atoms with Crippen molar-refractivity contribution in [3.8, 4) is 11.4 Å². The van der Waals surface area contributed by atoms with Crippen LogP contribution in [0, 0.1) is 9.49 Å². The molecule has 1 heterocycles. The Morgan fingerprint density at radius 2 is 2.00 bits per heavy atom. The SMILES string of the molecule is CC(C)C(CC(=O)O)n1nnnc1-c1ccc(I)cc1. The highest BCUT2D eigenvalue weighted by Gasteiger charge is 2.24. The predicted molar refractivity (Wildman–Crippen MR) is 82.1 cm³/mol. The summed E-state index contributed by atoms with van der Waals surface area (Å²) in [5.74, 6) is -0.133. The predicted octanol–water partition coefficient (Wildman–Crippen LogP) is 2.62. The number of aliphatic carboxylic acids is 1. The Bertz CT molecular complexity index is 595. The number of carboxylic acid groups (broad SMARTS) is 1. The van der Waals surface area contributed by atoms with E-state index in [0.717, 1.165) is 9.13 Å². The minimum Gasteiger partial charge on any atom is -0.481 e. The van der Waals surface area contributed by atoms with Crippen LogP contribution < -0.4 is 0 Å². The van der Waals surface area contributed by atoms with Crippen molar-refractivity contribution in [3.63, 3.8) is 0 Å². The van der Waals surface area contributed by atoms with E-state index in [0.29, 0.717) is 5.82 Å². The molecule has 0 saturated heterocycles. The summed E-state index contributed by atoms with van der Waals surface area (Å²) in [5, 5.41) is 20.8. The third-order valence-corrected chi connectivity index (χ3v) is 3.78. The first-order valence-corrected chi connectivity index (χ1v) is 7.32. The van der Waals surface area contributed by atoms with E-state index in [1.807, 2.05) is 38.1 Å². The van der Waals surface area contributed by atoms with Gasteiger partial charge in [-0.05, 0) is 51.1 Å². The van der Waals surface area contributed by atoms with Gasteiger partial charge in [0.05, 0.1) is 12.5 Å². The van der Waals surface area contributed by atoms with Crippen LogP contribution >= 0.6 is 22.6 Å². The van der Waals surface area contributed by atoms with Crippen molar-refractivity contribution in [3.05, 3.63) is 27.8 Å². The third-order valence-electron chi connectivity index (χ3n) is 3.06. The zero-order valence-electron chi connectivity index (χ0n) is 11.2. The Morgan fingerprint density at radius 1 is 1.35 bits per heavy atom. The van der Waals surface area contributed by atoms with E-state index < -0.39 is 5.97 Å². The summed E-state index contributed by atoms with van der Waals surface area (Å²) >= 11 is 2.23. The molecule has 7 heteroatoms. The van der Waals surface area contributed by atoms with Crippen LogP contribution in [0.1, 0.15) is 26.3 Å². The maximum atomic E-state index is 11.0. The molecular formula is C13H15IN4O2. The lowest BCUT2D eigenvalue weighted by Crippen LogP contribution is -2.21. The molecule has 20 heavy (non-hydrogen) atoms. The van der Waals surface area contributed by atoms with Crippen LogP contribution in [0.25, 0.3) is 11.4 Å². The molecule has 1 aromatic carbocycles. The summed E-state index contributed by atoms with van der Waals surface area (Å²) < 4.78 is 2.73. The average Bonchev–Trinajstić information content (AvgIpc) is 2.85. The third kappa shape index (κ3) is 3.33. The van der Waals surface area contributed by atoms with E-state index in [9.17, 15) is 4.79 Å². The van der Waals surface area contributed by atoms with Crippen LogP contribution in [0.5, 0.6) is 0 Å². The molecule has 0 aliphatic rings. The maximum Gasteiger partial charge on any atom is 0.305 e. The molecule has 1 unspecified atom stereocenters. The van der Waals surface area contributed by atoms with Gasteiger partial charge in [-0.2, -0.15) is 0 Å². The number of benzene rings is 1. The number of carboxylic acids is 1. The number of carbonyl (C=O) groups is 1. The molecule has 0 fully saturated rings. The average molecular weight is 386 g/mol. The van der Waals surface area contributed by atoms with Gasteiger partial charge in [0, 0.05) is 9.13 Å². The van der Waals surface area contributed by atoms with Gasteiger partial charge in [0.15, 0.2) is 5.82 Å². The number of nitrogens with zero attached hydrogens (tertiary/aromatic N) is 4. The Hall–Kier alpha value is -1.51. The smallest absolute Gasteiger partial charge is 0.305 e. The first kappa shape index (κ1) is 14.9. The van der Waals surface area contributed by atoms with Crippen LogP contribution in [0.4, 0.5) is 0 Å². The molecule has 6 nitrogen and oxygen atoms in total. The summed E-state index contributed by atoms with van der Waals surface area (Å²) in [7, 11) is 0. The quantitative estimate of drug-likeness (QED) is 0.800. The van der Waals surface area contributed by atoms with Crippen LogP contribution in [0.2, 0.25) is 0 Å². The molecule has 1 atom stereocenters. The summed E-state index contributed by atoms with van der Waals surface area (Å²) in [5.41, 5.74) is 0.881. The lowest BCUT2D eigenvalue weighted by molar-refractivity contribution is -0.138. The van der Waals surface area contributed by atoms with E-state index in [-0.39, 0.29) is 18.4 Å². The molecule has 0 aliphatic heterocycles. The van der Waals surface area contributed by atoms with E-state index in [2.05, 4.69) is 38.1 Å². The van der Waals surface area contributed by atoms with Gasteiger partial charge in [0.1, 0.15) is 0 Å². The number of aromatic nitrogens is 4. The van der Waals surface area contributed by atoms with Gasteiger partial charge in [-0.25, -0.2) is 4.68 Å². The lowest BCUT2D eigenvalue weighted by Gasteiger charge is -2.20. The standard InChI is InChI=1S/C13H15IN4O2/c1-8(2)11(7-12(19)20)18-13(15-16-17-18)9-3-5-10(14)6-4-9/h3-6,8,11H,7H2,1-2H3,(H,19,20). The van der Waals surface area contributed by atoms with Crippen LogP contribution in [0.3, 0.4) is 0 Å². The summed E-state index contributed by atoms with van der Waals surface area (Å²) in [4.78, 5) is 11.0. The van der Waals surface area contributed by atoms with Gasteiger partial charge in [-0.1, -0.05) is 26.0 Å². The van der Waals surface area contributed by atoms with Crippen molar-refractivity contribution in [2.45, 2.75) is 26.3 Å². The molecule has 0 saturated carbocycles. The highest BCUT2D eigenvalue weighted by Crippen LogP contribution is 2.26. The summed E-state index contributed by atoms with van der Waals surface area (Å²) in [6.07, 6.45) is 0.0000741. The molecule has 2 rings (SSSR count). The highest BCUT2D eigenvalue weighted by atomic mass is 127. The second-order valence-electron chi connectivity index (χ2n) is 4.86. The first-order chi connectivity index (χ1) is 9.49. The van der Waals surface area contributed by atoms with Crippen LogP contribution in [-0.4, -0.2) is 31.3 Å². The fourth-order valence-electron chi connectivity index (χ4n) is 1.99. The van der Waals surface area contributed by atoms with E-state index >= 15 is 0 Å². The van der Waals surface area contributed by atoms with Gasteiger partial charge in [0.2, 0.25) is 0 Å². The Kier molecular flexibility index (Phi) is 4.69. The molecule has 1 aromatic heterocycles. The number of hydrogen-bond acceptors (Lipinski definition) is 4. The fraction of sp³-hybridized carbons (Fsp3) is 0.385. The van der Waals surface area contributed by atoms with Gasteiger partial charge in [-0.3, -0.25) is 4.79 Å². The van der Waals surface area contributed by atoms with Gasteiger partial charge >= 0.3 is 5.97 Å². The van der Waals surface area contributed by atoms with Crippen LogP contribution in [-0.2, 0) is 4.79 Å². The minimum absolute atomic E-state index is 0.0000741. The molecule has 106 valence electrons. The Balaban J connectivity index is 2.40. The monoisotopic (exact) mass is 386 g/mol. The number of tetrazole rings is 1. The van der Waals surface area contributed by atoms with Crippen molar-refractivity contribution < 1.29 is 9.90 Å². The van der Waals surface area contributed by atoms with Gasteiger partial charge < -0.3 is 5.11 Å². The van der Waals surface area contributed by atoms with Crippen molar-refractivity contribution in [1.82, 2.24) is 20.2 Å². The van der Waals surface area contributed by atoms with Gasteiger partial charge in [0.25, 0.3) is 0 Å². The second kappa shape index (κ2) is 6.29. The molecule has 0 spiro atoms. The van der Waals surface area contributed by atoms with E-state index in [4.69, 9.17) is 5.11 Å². The minimum atomic E-state index is -0.854. The Labute approximate surface area is 130 Å². The number of hydrogen-bond donors (Lipinski definition) is 1. The van der Waals surface area contributed by atoms with Gasteiger partial charge in [-0.15, -0.1) is 5.10 Å². The zero-order chi connectivity index (χ0) is 14.7. The topological polar surface area (TPSA) is 80.9 Å². The normalized spacial score (nSPS) is 12.6. The van der Waals surface area contributed by atoms with E-state index in [1.165, 1.54) is 0 Å².